The molecule has 112 valence electrons. The normalized spacial score (nSPS) is 11.2. The molecule has 0 aliphatic heterocycles. The number of carbonyl (C=O) groups is 1. The maximum absolute atomic E-state index is 13.5. The van der Waals surface area contributed by atoms with Gasteiger partial charge in [-0.2, -0.15) is 0 Å². The molecular weight excluding hydrogens is 259 g/mol. The fourth-order valence-electron chi connectivity index (χ4n) is 1.91. The number of hydrogen-bond donors (Lipinski definition) is 1. The molecular formula is C15H23FN2O2. The first-order chi connectivity index (χ1) is 9.45. The smallest absolute Gasteiger partial charge is 0.236 e. The second-order valence-corrected chi connectivity index (χ2v) is 5.13. The molecule has 0 bridgehead atoms. The van der Waals surface area contributed by atoms with E-state index in [1.807, 2.05) is 18.7 Å². The van der Waals surface area contributed by atoms with Crippen LogP contribution in [-0.2, 0) is 11.3 Å². The van der Waals surface area contributed by atoms with E-state index in [1.165, 1.54) is 11.0 Å². The zero-order valence-corrected chi connectivity index (χ0v) is 12.3. The molecule has 5 heteroatoms. The molecule has 4 nitrogen and oxygen atoms in total. The second kappa shape index (κ2) is 7.97. The van der Waals surface area contributed by atoms with Crippen LogP contribution < -0.4 is 0 Å². The minimum absolute atomic E-state index is 0.0164. The van der Waals surface area contributed by atoms with Gasteiger partial charge in [-0.3, -0.25) is 9.69 Å². The summed E-state index contributed by atoms with van der Waals surface area (Å²) in [5.74, 6) is -0.390. The van der Waals surface area contributed by atoms with Crippen LogP contribution in [0, 0.1) is 5.82 Å². The van der Waals surface area contributed by atoms with Crippen molar-refractivity contribution in [3.8, 4) is 0 Å². The molecule has 0 radical (unpaired) electrons. The van der Waals surface area contributed by atoms with E-state index in [1.54, 1.807) is 25.2 Å². The summed E-state index contributed by atoms with van der Waals surface area (Å²) >= 11 is 0. The number of carbonyl (C=O) groups excluding carboxylic acids is 1. The number of aliphatic hydroxyl groups is 1. The summed E-state index contributed by atoms with van der Waals surface area (Å²) in [6.07, 6.45) is 0. The Hall–Kier alpha value is -1.46. The Balaban J connectivity index is 2.60. The van der Waals surface area contributed by atoms with Crippen molar-refractivity contribution in [1.82, 2.24) is 9.80 Å². The first-order valence-electron chi connectivity index (χ1n) is 6.78. The predicted molar refractivity (Wildman–Crippen MR) is 76.7 cm³/mol. The molecule has 1 aromatic rings. The highest BCUT2D eigenvalue weighted by Gasteiger charge is 2.17. The Bertz CT molecular complexity index is 438. The van der Waals surface area contributed by atoms with Crippen molar-refractivity contribution in [3.05, 3.63) is 35.6 Å². The minimum Gasteiger partial charge on any atom is -0.395 e. The van der Waals surface area contributed by atoms with Crippen LogP contribution in [0.5, 0.6) is 0 Å². The summed E-state index contributed by atoms with van der Waals surface area (Å²) in [4.78, 5) is 15.5. The Labute approximate surface area is 119 Å². The lowest BCUT2D eigenvalue weighted by atomic mass is 10.2. The molecule has 0 spiro atoms. The van der Waals surface area contributed by atoms with Crippen molar-refractivity contribution < 1.29 is 14.3 Å². The third-order valence-electron chi connectivity index (χ3n) is 3.25. The molecule has 0 aromatic heterocycles. The molecule has 0 fully saturated rings. The Morgan fingerprint density at radius 1 is 1.35 bits per heavy atom. The van der Waals surface area contributed by atoms with Crippen molar-refractivity contribution >= 4 is 5.91 Å². The number of benzene rings is 1. The molecule has 0 atom stereocenters. The van der Waals surface area contributed by atoms with Gasteiger partial charge in [0.25, 0.3) is 0 Å². The number of halogens is 1. The summed E-state index contributed by atoms with van der Waals surface area (Å²) in [5.41, 5.74) is 0.501. The predicted octanol–water partition coefficient (Wildman–Crippen LogP) is 1.49. The van der Waals surface area contributed by atoms with Crippen molar-refractivity contribution in [2.45, 2.75) is 26.4 Å². The zero-order valence-electron chi connectivity index (χ0n) is 12.3. The van der Waals surface area contributed by atoms with Crippen molar-refractivity contribution in [2.75, 3.05) is 26.7 Å². The lowest BCUT2D eigenvalue weighted by Crippen LogP contribution is -2.42. The first-order valence-corrected chi connectivity index (χ1v) is 6.78. The number of rotatable bonds is 7. The molecule has 1 N–H and O–H groups in total. The Kier molecular flexibility index (Phi) is 6.61. The average molecular weight is 282 g/mol. The number of amides is 1. The SMILES string of the molecule is CC(C)N(CCO)CC(=O)N(C)Cc1ccccc1F. The van der Waals surface area contributed by atoms with Crippen LogP contribution in [0.2, 0.25) is 0 Å². The van der Waals surface area contributed by atoms with Gasteiger partial charge in [0, 0.05) is 31.7 Å². The van der Waals surface area contributed by atoms with Crippen molar-refractivity contribution in [2.24, 2.45) is 0 Å². The minimum atomic E-state index is -0.303. The van der Waals surface area contributed by atoms with E-state index >= 15 is 0 Å². The van der Waals surface area contributed by atoms with Crippen molar-refractivity contribution in [1.29, 1.82) is 0 Å². The van der Waals surface area contributed by atoms with Crippen LogP contribution in [-0.4, -0.2) is 53.6 Å². The standard InChI is InChI=1S/C15H23FN2O2/c1-12(2)18(8-9-19)11-15(20)17(3)10-13-6-4-5-7-14(13)16/h4-7,12,19H,8-11H2,1-3H3. The molecule has 0 saturated heterocycles. The summed E-state index contributed by atoms with van der Waals surface area (Å²) in [6, 6.07) is 6.62. The largest absolute Gasteiger partial charge is 0.395 e. The molecule has 0 heterocycles. The van der Waals surface area contributed by atoms with Crippen LogP contribution in [0.15, 0.2) is 24.3 Å². The van der Waals surface area contributed by atoms with Crippen LogP contribution in [0.25, 0.3) is 0 Å². The number of hydrogen-bond acceptors (Lipinski definition) is 3. The van der Waals surface area contributed by atoms with Gasteiger partial charge in [0.15, 0.2) is 0 Å². The number of likely N-dealkylation sites (N-methyl/N-ethyl adjacent to an activating group) is 1. The fraction of sp³-hybridized carbons (Fsp3) is 0.533. The van der Waals surface area contributed by atoms with Gasteiger partial charge in [-0.15, -0.1) is 0 Å². The van der Waals surface area contributed by atoms with Gasteiger partial charge in [-0.25, -0.2) is 4.39 Å². The summed E-state index contributed by atoms with van der Waals surface area (Å²) in [6.45, 7) is 4.89. The lowest BCUT2D eigenvalue weighted by molar-refractivity contribution is -0.132. The highest BCUT2D eigenvalue weighted by molar-refractivity contribution is 5.78. The quantitative estimate of drug-likeness (QED) is 0.824. The van der Waals surface area contributed by atoms with E-state index in [0.717, 1.165) is 0 Å². The highest BCUT2D eigenvalue weighted by atomic mass is 19.1. The maximum Gasteiger partial charge on any atom is 0.236 e. The first kappa shape index (κ1) is 16.6. The average Bonchev–Trinajstić information content (AvgIpc) is 2.40. The van der Waals surface area contributed by atoms with E-state index < -0.39 is 0 Å². The van der Waals surface area contributed by atoms with Gasteiger partial charge < -0.3 is 10.0 Å². The molecule has 1 amide bonds. The van der Waals surface area contributed by atoms with Crippen LogP contribution in [0.4, 0.5) is 4.39 Å². The van der Waals surface area contributed by atoms with Gasteiger partial charge in [-0.05, 0) is 19.9 Å². The van der Waals surface area contributed by atoms with E-state index in [4.69, 9.17) is 5.11 Å². The van der Waals surface area contributed by atoms with Crippen molar-refractivity contribution in [3.63, 3.8) is 0 Å². The van der Waals surface area contributed by atoms with Crippen LogP contribution in [0.3, 0.4) is 0 Å². The molecule has 0 aliphatic carbocycles. The molecule has 0 aliphatic rings. The Morgan fingerprint density at radius 2 is 2.00 bits per heavy atom. The van der Waals surface area contributed by atoms with Gasteiger partial charge in [-0.1, -0.05) is 18.2 Å². The number of aliphatic hydroxyl groups excluding tert-OH is 1. The maximum atomic E-state index is 13.5. The summed E-state index contributed by atoms with van der Waals surface area (Å²) < 4.78 is 13.5. The van der Waals surface area contributed by atoms with Gasteiger partial charge in [0.05, 0.1) is 13.2 Å². The van der Waals surface area contributed by atoms with E-state index in [9.17, 15) is 9.18 Å². The summed E-state index contributed by atoms with van der Waals surface area (Å²) in [5, 5.41) is 8.99. The topological polar surface area (TPSA) is 43.8 Å². The third-order valence-corrected chi connectivity index (χ3v) is 3.25. The number of nitrogens with zero attached hydrogens (tertiary/aromatic N) is 2. The van der Waals surface area contributed by atoms with E-state index in [0.29, 0.717) is 12.1 Å². The van der Waals surface area contributed by atoms with Crippen LogP contribution in [0.1, 0.15) is 19.4 Å². The highest BCUT2D eigenvalue weighted by Crippen LogP contribution is 2.09. The molecule has 20 heavy (non-hydrogen) atoms. The molecule has 0 unspecified atom stereocenters. The lowest BCUT2D eigenvalue weighted by Gasteiger charge is -2.27. The van der Waals surface area contributed by atoms with Crippen LogP contribution >= 0.6 is 0 Å². The monoisotopic (exact) mass is 282 g/mol. The fourth-order valence-corrected chi connectivity index (χ4v) is 1.91. The van der Waals surface area contributed by atoms with Gasteiger partial charge in [0.2, 0.25) is 5.91 Å². The van der Waals surface area contributed by atoms with Gasteiger partial charge in [0.1, 0.15) is 5.82 Å². The van der Waals surface area contributed by atoms with E-state index in [2.05, 4.69) is 0 Å². The molecule has 1 aromatic carbocycles. The third kappa shape index (κ3) is 4.90. The Morgan fingerprint density at radius 3 is 2.55 bits per heavy atom. The summed E-state index contributed by atoms with van der Waals surface area (Å²) in [7, 11) is 1.66. The molecule has 0 saturated carbocycles. The van der Waals surface area contributed by atoms with E-state index in [-0.39, 0.29) is 37.5 Å². The molecule has 1 rings (SSSR count). The van der Waals surface area contributed by atoms with Gasteiger partial charge >= 0.3 is 0 Å². The zero-order chi connectivity index (χ0) is 15.1. The second-order valence-electron chi connectivity index (χ2n) is 5.13.